The van der Waals surface area contributed by atoms with Crippen LogP contribution < -0.4 is 9.74 Å². The highest BCUT2D eigenvalue weighted by Gasteiger charge is 2.31. The van der Waals surface area contributed by atoms with Gasteiger partial charge in [0.25, 0.3) is 5.56 Å². The summed E-state index contributed by atoms with van der Waals surface area (Å²) in [6.45, 7) is 4.10. The van der Waals surface area contributed by atoms with Gasteiger partial charge in [-0.2, -0.15) is 8.42 Å². The van der Waals surface area contributed by atoms with E-state index in [4.69, 9.17) is 8.92 Å². The second kappa shape index (κ2) is 7.95. The lowest BCUT2D eigenvalue weighted by molar-refractivity contribution is 0.0590. The van der Waals surface area contributed by atoms with E-state index in [1.165, 1.54) is 34.9 Å². The molecule has 0 spiro atoms. The molecule has 1 aromatic heterocycles. The molecular weight excluding hydrogens is 388 g/mol. The van der Waals surface area contributed by atoms with Crippen molar-refractivity contribution in [2.75, 3.05) is 20.3 Å². The lowest BCUT2D eigenvalue weighted by Crippen LogP contribution is -2.33. The zero-order valence-corrected chi connectivity index (χ0v) is 15.8. The summed E-state index contributed by atoms with van der Waals surface area (Å²) < 4.78 is 41.6. The van der Waals surface area contributed by atoms with Crippen molar-refractivity contribution in [3.05, 3.63) is 64.9 Å². The minimum Gasteiger partial charge on any atom is -0.464 e. The molecule has 0 saturated heterocycles. The van der Waals surface area contributed by atoms with Crippen LogP contribution in [-0.4, -0.2) is 44.3 Å². The molecule has 2 heterocycles. The highest BCUT2D eigenvalue weighted by molar-refractivity contribution is 7.87. The first-order valence-electron chi connectivity index (χ1n) is 8.32. The second-order valence-corrected chi connectivity index (χ2v) is 7.40. The molecule has 10 heteroatoms. The zero-order valence-electron chi connectivity index (χ0n) is 15.0. The standard InChI is InChI=1S/C18H18N2O7S/c1-3-12-11-26-10-9-14-19-15(18(22)25-2)16(17(21)20(12)14)27-28(23,24)13-7-5-4-6-8-13/h3-8,12H,1,9-11H2,2H3. The number of carbonyl (C=O) groups excluding carboxylic acids is 1. The highest BCUT2D eigenvalue weighted by atomic mass is 32.2. The number of hydrogen-bond donors (Lipinski definition) is 0. The fraction of sp³-hybridized carbons (Fsp3) is 0.278. The van der Waals surface area contributed by atoms with Gasteiger partial charge < -0.3 is 13.7 Å². The van der Waals surface area contributed by atoms with Gasteiger partial charge in [-0.25, -0.2) is 9.78 Å². The van der Waals surface area contributed by atoms with Crippen LogP contribution >= 0.6 is 0 Å². The number of esters is 1. The Kier molecular flexibility index (Phi) is 5.61. The predicted molar refractivity (Wildman–Crippen MR) is 97.8 cm³/mol. The van der Waals surface area contributed by atoms with Crippen molar-refractivity contribution in [2.45, 2.75) is 17.4 Å². The van der Waals surface area contributed by atoms with Gasteiger partial charge in [0.2, 0.25) is 5.75 Å². The molecule has 3 rings (SSSR count). The van der Waals surface area contributed by atoms with E-state index in [2.05, 4.69) is 16.3 Å². The Bertz CT molecular complexity index is 1060. The lowest BCUT2D eigenvalue weighted by atomic mass is 10.2. The first-order chi connectivity index (χ1) is 13.4. The Hall–Kier alpha value is -2.98. The van der Waals surface area contributed by atoms with E-state index in [1.54, 1.807) is 6.07 Å². The summed E-state index contributed by atoms with van der Waals surface area (Å²) in [6.07, 6.45) is 1.72. The van der Waals surface area contributed by atoms with Crippen LogP contribution in [0.15, 0.2) is 52.7 Å². The summed E-state index contributed by atoms with van der Waals surface area (Å²) in [4.78, 5) is 29.3. The number of carbonyl (C=O) groups is 1. The molecule has 1 aliphatic heterocycles. The zero-order chi connectivity index (χ0) is 20.3. The van der Waals surface area contributed by atoms with Gasteiger partial charge >= 0.3 is 16.1 Å². The molecule has 0 aliphatic carbocycles. The smallest absolute Gasteiger partial charge is 0.360 e. The van der Waals surface area contributed by atoms with E-state index in [1.807, 2.05) is 0 Å². The molecule has 9 nitrogen and oxygen atoms in total. The number of nitrogens with zero attached hydrogens (tertiary/aromatic N) is 2. The Balaban J connectivity index is 2.21. The van der Waals surface area contributed by atoms with Crippen molar-refractivity contribution in [3.8, 4) is 5.75 Å². The third-order valence-electron chi connectivity index (χ3n) is 4.11. The topological polar surface area (TPSA) is 114 Å². The molecule has 0 radical (unpaired) electrons. The second-order valence-electron chi connectivity index (χ2n) is 5.85. The van der Waals surface area contributed by atoms with Gasteiger partial charge in [-0.3, -0.25) is 9.36 Å². The number of benzene rings is 1. The number of ether oxygens (including phenoxy) is 2. The van der Waals surface area contributed by atoms with Crippen molar-refractivity contribution >= 4 is 16.1 Å². The Labute approximate surface area is 161 Å². The van der Waals surface area contributed by atoms with Crippen molar-refractivity contribution in [1.29, 1.82) is 0 Å². The summed E-state index contributed by atoms with van der Waals surface area (Å²) in [5, 5.41) is 0. The van der Waals surface area contributed by atoms with Crippen molar-refractivity contribution < 1.29 is 26.9 Å². The molecule has 1 atom stereocenters. The maximum Gasteiger partial charge on any atom is 0.360 e. The number of rotatable bonds is 5. The summed E-state index contributed by atoms with van der Waals surface area (Å²) >= 11 is 0. The van der Waals surface area contributed by atoms with Crippen molar-refractivity contribution in [2.24, 2.45) is 0 Å². The van der Waals surface area contributed by atoms with E-state index in [0.29, 0.717) is 0 Å². The first-order valence-corrected chi connectivity index (χ1v) is 9.73. The number of fused-ring (bicyclic) bond motifs is 1. The van der Waals surface area contributed by atoms with E-state index < -0.39 is 39.1 Å². The van der Waals surface area contributed by atoms with Crippen LogP contribution in [0.2, 0.25) is 0 Å². The molecule has 0 fully saturated rings. The SMILES string of the molecule is C=CC1COCCc2nc(C(=O)OC)c(OS(=O)(=O)c3ccccc3)c(=O)n21. The molecule has 0 N–H and O–H groups in total. The fourth-order valence-electron chi connectivity index (χ4n) is 2.75. The monoisotopic (exact) mass is 406 g/mol. The lowest BCUT2D eigenvalue weighted by Gasteiger charge is -2.18. The average Bonchev–Trinajstić information content (AvgIpc) is 2.92. The van der Waals surface area contributed by atoms with Gasteiger partial charge in [-0.15, -0.1) is 6.58 Å². The number of methoxy groups -OCH3 is 1. The van der Waals surface area contributed by atoms with Crippen LogP contribution in [0.3, 0.4) is 0 Å². The Morgan fingerprint density at radius 2 is 2.07 bits per heavy atom. The Morgan fingerprint density at radius 3 is 2.71 bits per heavy atom. The van der Waals surface area contributed by atoms with Crippen LogP contribution in [0.4, 0.5) is 0 Å². The molecule has 0 saturated carbocycles. The van der Waals surface area contributed by atoms with E-state index >= 15 is 0 Å². The summed E-state index contributed by atoms with van der Waals surface area (Å²) in [6, 6.07) is 6.66. The summed E-state index contributed by atoms with van der Waals surface area (Å²) in [5.74, 6) is -1.47. The van der Waals surface area contributed by atoms with Crippen LogP contribution in [0.25, 0.3) is 0 Å². The van der Waals surface area contributed by atoms with E-state index in [0.717, 1.165) is 7.11 Å². The van der Waals surface area contributed by atoms with Crippen molar-refractivity contribution in [3.63, 3.8) is 0 Å². The molecule has 28 heavy (non-hydrogen) atoms. The van der Waals surface area contributed by atoms with Gasteiger partial charge in [0.15, 0.2) is 5.69 Å². The maximum atomic E-state index is 13.1. The first kappa shape index (κ1) is 19.8. The normalized spacial score (nSPS) is 16.5. The third kappa shape index (κ3) is 3.69. The Morgan fingerprint density at radius 1 is 1.36 bits per heavy atom. The molecule has 1 unspecified atom stereocenters. The minimum absolute atomic E-state index is 0.153. The number of hydrogen-bond acceptors (Lipinski definition) is 8. The summed E-state index contributed by atoms with van der Waals surface area (Å²) in [7, 11) is -3.28. The van der Waals surface area contributed by atoms with E-state index in [9.17, 15) is 18.0 Å². The molecule has 1 aromatic carbocycles. The predicted octanol–water partition coefficient (Wildman–Crippen LogP) is 1.10. The molecule has 0 amide bonds. The molecule has 1 aliphatic rings. The van der Waals surface area contributed by atoms with Crippen LogP contribution in [0, 0.1) is 0 Å². The molecule has 0 bridgehead atoms. The molecule has 148 valence electrons. The quantitative estimate of drug-likeness (QED) is 0.412. The third-order valence-corrected chi connectivity index (χ3v) is 5.35. The van der Waals surface area contributed by atoms with Crippen LogP contribution in [0.5, 0.6) is 5.75 Å². The minimum atomic E-state index is -4.38. The van der Waals surface area contributed by atoms with Crippen molar-refractivity contribution in [1.82, 2.24) is 9.55 Å². The van der Waals surface area contributed by atoms with Crippen LogP contribution in [0.1, 0.15) is 22.4 Å². The fourth-order valence-corrected chi connectivity index (χ4v) is 3.71. The number of aromatic nitrogens is 2. The maximum absolute atomic E-state index is 13.1. The van der Waals surface area contributed by atoms with E-state index in [-0.39, 0.29) is 30.4 Å². The largest absolute Gasteiger partial charge is 0.464 e. The van der Waals surface area contributed by atoms with Gasteiger partial charge in [0.1, 0.15) is 10.7 Å². The van der Waals surface area contributed by atoms with Gasteiger partial charge in [0.05, 0.1) is 26.4 Å². The highest BCUT2D eigenvalue weighted by Crippen LogP contribution is 2.23. The molecular formula is C18H18N2O7S. The van der Waals surface area contributed by atoms with Gasteiger partial charge in [-0.05, 0) is 12.1 Å². The van der Waals surface area contributed by atoms with Crippen LogP contribution in [-0.2, 0) is 26.0 Å². The average molecular weight is 406 g/mol. The van der Waals surface area contributed by atoms with Gasteiger partial charge in [0, 0.05) is 6.42 Å². The summed E-state index contributed by atoms with van der Waals surface area (Å²) in [5.41, 5.74) is -1.34. The van der Waals surface area contributed by atoms with Gasteiger partial charge in [-0.1, -0.05) is 24.3 Å². The molecule has 2 aromatic rings.